The molecule has 0 aliphatic heterocycles. The van der Waals surface area contributed by atoms with Crippen LogP contribution in [0, 0.1) is 11.8 Å². The van der Waals surface area contributed by atoms with Gasteiger partial charge in [-0.25, -0.2) is 0 Å². The van der Waals surface area contributed by atoms with Crippen LogP contribution in [0.4, 0.5) is 8.78 Å². The summed E-state index contributed by atoms with van der Waals surface area (Å²) >= 11 is 4.47. The number of methoxy groups -OCH3 is 1. The zero-order valence-corrected chi connectivity index (χ0v) is 18.4. The number of Topliss-reactive ketones (excluding diaryl/α,β-unsaturated/α-hetero) is 2. The van der Waals surface area contributed by atoms with Crippen molar-refractivity contribution >= 4 is 30.2 Å². The van der Waals surface area contributed by atoms with Crippen molar-refractivity contribution in [2.45, 2.75) is 88.7 Å². The molecule has 1 fully saturated rings. The van der Waals surface area contributed by atoms with Gasteiger partial charge in [-0.2, -0.15) is 21.4 Å². The summed E-state index contributed by atoms with van der Waals surface area (Å²) in [5, 5.41) is -0.182. The first-order valence-corrected chi connectivity index (χ1v) is 11.1. The van der Waals surface area contributed by atoms with Crippen molar-refractivity contribution in [1.82, 2.24) is 0 Å². The quantitative estimate of drug-likeness (QED) is 0.174. The molecule has 0 saturated heterocycles. The van der Waals surface area contributed by atoms with E-state index in [4.69, 9.17) is 0 Å². The Balaban J connectivity index is 2.46. The molecule has 0 aromatic rings. The fraction of sp³-hybridized carbons (Fsp3) is 0.773. The first kappa shape index (κ1) is 25.8. The van der Waals surface area contributed by atoms with Crippen molar-refractivity contribution in [3.8, 4) is 0 Å². The van der Waals surface area contributed by atoms with Gasteiger partial charge in [0.1, 0.15) is 5.78 Å². The maximum absolute atomic E-state index is 13.9. The molecule has 166 valence electrons. The largest absolute Gasteiger partial charge is 0.469 e. The summed E-state index contributed by atoms with van der Waals surface area (Å²) in [5.41, 5.74) is 0. The Kier molecular flexibility index (Phi) is 11.7. The molecule has 0 heterocycles. The highest BCUT2D eigenvalue weighted by Gasteiger charge is 2.42. The predicted molar refractivity (Wildman–Crippen MR) is 112 cm³/mol. The molecule has 0 spiro atoms. The molecule has 0 unspecified atom stereocenters. The topological polar surface area (TPSA) is 60.4 Å². The predicted octanol–water partition coefficient (Wildman–Crippen LogP) is 5.34. The number of unbranched alkanes of at least 4 members (excludes halogenated alkanes) is 3. The molecular weight excluding hydrogens is 398 g/mol. The first-order chi connectivity index (χ1) is 13.7. The minimum absolute atomic E-state index is 0.0931. The summed E-state index contributed by atoms with van der Waals surface area (Å²) in [4.78, 5) is 35.3. The number of hydrogen-bond donors (Lipinski definition) is 1. The molecule has 7 heteroatoms. The Labute approximate surface area is 178 Å². The second kappa shape index (κ2) is 13.1. The van der Waals surface area contributed by atoms with Crippen molar-refractivity contribution in [2.24, 2.45) is 11.8 Å². The van der Waals surface area contributed by atoms with Crippen molar-refractivity contribution in [3.63, 3.8) is 0 Å². The van der Waals surface area contributed by atoms with Gasteiger partial charge in [0, 0.05) is 36.9 Å². The number of thiol groups is 1. The van der Waals surface area contributed by atoms with E-state index in [0.29, 0.717) is 32.1 Å². The standard InChI is InChI=1S/C22H34F2O4S/c1-3-4-14-22(23,24)20(26)13-12-17-16(18(25)15-19(17)29)10-8-6-5-7-9-11-21(27)28-2/h6,8,16-17,19,29H,3-5,7,9-15H2,1-2H3/b8-6-/t16-,17-,19-/m1/s1. The summed E-state index contributed by atoms with van der Waals surface area (Å²) in [7, 11) is 1.37. The number of halogens is 2. The van der Waals surface area contributed by atoms with E-state index >= 15 is 0 Å². The molecule has 0 amide bonds. The van der Waals surface area contributed by atoms with E-state index in [1.165, 1.54) is 7.11 Å². The molecule has 1 rings (SSSR count). The molecule has 4 nitrogen and oxygen atoms in total. The van der Waals surface area contributed by atoms with E-state index in [1.807, 2.05) is 19.1 Å². The summed E-state index contributed by atoms with van der Waals surface area (Å²) in [5.74, 6) is -4.84. The molecule has 1 saturated carbocycles. The van der Waals surface area contributed by atoms with Crippen LogP contribution in [0.25, 0.3) is 0 Å². The van der Waals surface area contributed by atoms with Gasteiger partial charge in [0.2, 0.25) is 5.78 Å². The molecule has 29 heavy (non-hydrogen) atoms. The smallest absolute Gasteiger partial charge is 0.305 e. The SMILES string of the molecule is CCCCC(F)(F)C(=O)CC[C@H]1[C@H](S)CC(=O)[C@@H]1C/C=C\CCCCC(=O)OC. The van der Waals surface area contributed by atoms with Crippen molar-refractivity contribution in [2.75, 3.05) is 7.11 Å². The van der Waals surface area contributed by atoms with Crippen LogP contribution in [0.1, 0.15) is 77.6 Å². The van der Waals surface area contributed by atoms with Gasteiger partial charge in [-0.3, -0.25) is 14.4 Å². The van der Waals surface area contributed by atoms with Gasteiger partial charge in [-0.05, 0) is 44.4 Å². The second-order valence-corrected chi connectivity index (χ2v) is 8.47. The maximum Gasteiger partial charge on any atom is 0.305 e. The third-order valence-electron chi connectivity index (χ3n) is 5.58. The fourth-order valence-electron chi connectivity index (χ4n) is 3.73. The number of hydrogen-bond acceptors (Lipinski definition) is 5. The van der Waals surface area contributed by atoms with Gasteiger partial charge in [0.15, 0.2) is 0 Å². The number of rotatable bonds is 14. The Hall–Kier alpha value is -1.24. The summed E-state index contributed by atoms with van der Waals surface area (Å²) in [6.45, 7) is 1.81. The van der Waals surface area contributed by atoms with Crippen LogP contribution in [0.2, 0.25) is 0 Å². The van der Waals surface area contributed by atoms with E-state index in [-0.39, 0.29) is 41.7 Å². The summed E-state index contributed by atoms with van der Waals surface area (Å²) < 4.78 is 32.4. The fourth-order valence-corrected chi connectivity index (χ4v) is 4.27. The minimum atomic E-state index is -3.27. The van der Waals surface area contributed by atoms with Crippen LogP contribution < -0.4 is 0 Å². The summed E-state index contributed by atoms with van der Waals surface area (Å²) in [6.07, 6.45) is 8.19. The number of ether oxygens (including phenoxy) is 1. The number of allylic oxidation sites excluding steroid dienone is 2. The number of carbonyl (C=O) groups is 3. The number of esters is 1. The lowest BCUT2D eigenvalue weighted by Gasteiger charge is -2.21. The molecule has 1 aliphatic carbocycles. The molecule has 1 aliphatic rings. The number of ketones is 2. The third kappa shape index (κ3) is 8.97. The average molecular weight is 433 g/mol. The van der Waals surface area contributed by atoms with E-state index in [1.54, 1.807) is 0 Å². The molecule has 0 bridgehead atoms. The molecule has 3 atom stereocenters. The lowest BCUT2D eigenvalue weighted by Crippen LogP contribution is -2.30. The highest BCUT2D eigenvalue weighted by molar-refractivity contribution is 7.81. The third-order valence-corrected chi connectivity index (χ3v) is 6.14. The van der Waals surface area contributed by atoms with Gasteiger partial charge in [0.25, 0.3) is 0 Å². The zero-order chi connectivity index (χ0) is 21.9. The van der Waals surface area contributed by atoms with Gasteiger partial charge in [-0.1, -0.05) is 25.5 Å². The van der Waals surface area contributed by atoms with Crippen molar-refractivity contribution in [1.29, 1.82) is 0 Å². The van der Waals surface area contributed by atoms with Crippen LogP contribution in [0.3, 0.4) is 0 Å². The first-order valence-electron chi connectivity index (χ1n) is 10.6. The van der Waals surface area contributed by atoms with Crippen molar-refractivity contribution < 1.29 is 27.9 Å². The zero-order valence-electron chi connectivity index (χ0n) is 17.5. The number of alkyl halides is 2. The van der Waals surface area contributed by atoms with Gasteiger partial charge in [-0.15, -0.1) is 0 Å². The van der Waals surface area contributed by atoms with Gasteiger partial charge < -0.3 is 4.74 Å². The average Bonchev–Trinajstić information content (AvgIpc) is 2.95. The minimum Gasteiger partial charge on any atom is -0.469 e. The maximum atomic E-state index is 13.9. The van der Waals surface area contributed by atoms with Gasteiger partial charge in [0.05, 0.1) is 7.11 Å². The van der Waals surface area contributed by atoms with Crippen LogP contribution in [0.15, 0.2) is 12.2 Å². The Bertz CT molecular complexity index is 577. The monoisotopic (exact) mass is 432 g/mol. The Morgan fingerprint density at radius 2 is 1.93 bits per heavy atom. The normalized spacial score (nSPS) is 22.4. The molecule has 0 radical (unpaired) electrons. The molecule has 0 aromatic heterocycles. The van der Waals surface area contributed by atoms with Crippen LogP contribution in [-0.4, -0.2) is 35.8 Å². The Morgan fingerprint density at radius 1 is 1.21 bits per heavy atom. The van der Waals surface area contributed by atoms with Gasteiger partial charge >= 0.3 is 11.9 Å². The van der Waals surface area contributed by atoms with E-state index in [0.717, 1.165) is 19.3 Å². The molecule has 0 N–H and O–H groups in total. The lowest BCUT2D eigenvalue weighted by atomic mass is 9.86. The molecular formula is C22H34F2O4S. The Morgan fingerprint density at radius 3 is 2.59 bits per heavy atom. The van der Waals surface area contributed by atoms with Crippen LogP contribution >= 0.6 is 12.6 Å². The molecule has 0 aromatic carbocycles. The highest BCUT2D eigenvalue weighted by atomic mass is 32.1. The van der Waals surface area contributed by atoms with E-state index in [9.17, 15) is 23.2 Å². The summed E-state index contributed by atoms with van der Waals surface area (Å²) in [6, 6.07) is 0. The van der Waals surface area contributed by atoms with Crippen LogP contribution in [0.5, 0.6) is 0 Å². The van der Waals surface area contributed by atoms with Crippen LogP contribution in [-0.2, 0) is 19.1 Å². The lowest BCUT2D eigenvalue weighted by molar-refractivity contribution is -0.144. The van der Waals surface area contributed by atoms with Crippen molar-refractivity contribution in [3.05, 3.63) is 12.2 Å². The van der Waals surface area contributed by atoms with E-state index < -0.39 is 18.1 Å². The van der Waals surface area contributed by atoms with E-state index in [2.05, 4.69) is 17.4 Å². The number of carbonyl (C=O) groups excluding carboxylic acids is 3. The second-order valence-electron chi connectivity index (χ2n) is 7.81. The highest BCUT2D eigenvalue weighted by Crippen LogP contribution is 2.39.